The second-order valence-electron chi connectivity index (χ2n) is 5.69. The van der Waals surface area contributed by atoms with E-state index in [1.165, 1.54) is 19.3 Å². The Morgan fingerprint density at radius 1 is 1.28 bits per heavy atom. The van der Waals surface area contributed by atoms with Crippen molar-refractivity contribution in [1.82, 2.24) is 4.90 Å². The van der Waals surface area contributed by atoms with E-state index < -0.39 is 0 Å². The van der Waals surface area contributed by atoms with E-state index in [9.17, 15) is 4.79 Å². The van der Waals surface area contributed by atoms with Crippen LogP contribution in [-0.2, 0) is 9.53 Å². The zero-order valence-corrected chi connectivity index (χ0v) is 11.4. The summed E-state index contributed by atoms with van der Waals surface area (Å²) in [6.07, 6.45) is 5.66. The van der Waals surface area contributed by atoms with Crippen molar-refractivity contribution in [3.05, 3.63) is 0 Å². The predicted molar refractivity (Wildman–Crippen MR) is 71.1 cm³/mol. The standard InChI is InChI=1S/C14H26N2O2/c1-11(14(17)16-7-2-3-8-16)18-10-13-6-4-5-12(13)9-15/h11-13H,2-10,15H2,1H3. The Hall–Kier alpha value is -0.610. The predicted octanol–water partition coefficient (Wildman–Crippen LogP) is 1.39. The smallest absolute Gasteiger partial charge is 0.251 e. The van der Waals surface area contributed by atoms with Crippen LogP contribution in [0.3, 0.4) is 0 Å². The maximum absolute atomic E-state index is 12.1. The van der Waals surface area contributed by atoms with Crippen molar-refractivity contribution in [1.29, 1.82) is 0 Å². The maximum Gasteiger partial charge on any atom is 0.251 e. The van der Waals surface area contributed by atoms with Crippen molar-refractivity contribution in [3.8, 4) is 0 Å². The Kier molecular flexibility index (Phi) is 5.01. The zero-order chi connectivity index (χ0) is 13.0. The van der Waals surface area contributed by atoms with Crippen LogP contribution in [0.15, 0.2) is 0 Å². The van der Waals surface area contributed by atoms with Gasteiger partial charge < -0.3 is 15.4 Å². The second-order valence-corrected chi connectivity index (χ2v) is 5.69. The molecule has 0 aromatic rings. The van der Waals surface area contributed by atoms with E-state index in [0.29, 0.717) is 18.4 Å². The van der Waals surface area contributed by atoms with Gasteiger partial charge in [0.1, 0.15) is 6.10 Å². The molecule has 3 atom stereocenters. The van der Waals surface area contributed by atoms with E-state index in [0.717, 1.165) is 32.5 Å². The van der Waals surface area contributed by atoms with Crippen molar-refractivity contribution in [2.24, 2.45) is 17.6 Å². The topological polar surface area (TPSA) is 55.6 Å². The van der Waals surface area contributed by atoms with Crippen LogP contribution in [0.5, 0.6) is 0 Å². The molecule has 2 N–H and O–H groups in total. The molecular weight excluding hydrogens is 228 g/mol. The first-order valence-electron chi connectivity index (χ1n) is 7.33. The number of nitrogens with two attached hydrogens (primary N) is 1. The van der Waals surface area contributed by atoms with Crippen LogP contribution in [0.1, 0.15) is 39.0 Å². The largest absolute Gasteiger partial charge is 0.368 e. The van der Waals surface area contributed by atoms with E-state index in [1.54, 1.807) is 0 Å². The average Bonchev–Trinajstić information content (AvgIpc) is 3.05. The van der Waals surface area contributed by atoms with Gasteiger partial charge in [0.15, 0.2) is 0 Å². The van der Waals surface area contributed by atoms with Gasteiger partial charge in [-0.1, -0.05) is 6.42 Å². The fourth-order valence-electron chi connectivity index (χ4n) is 3.18. The number of hydrogen-bond donors (Lipinski definition) is 1. The number of likely N-dealkylation sites (tertiary alicyclic amines) is 1. The Bertz CT molecular complexity index is 277. The summed E-state index contributed by atoms with van der Waals surface area (Å²) in [6.45, 7) is 5.14. The highest BCUT2D eigenvalue weighted by atomic mass is 16.5. The number of nitrogens with zero attached hydrogens (tertiary/aromatic N) is 1. The molecule has 2 aliphatic rings. The first-order valence-corrected chi connectivity index (χ1v) is 7.33. The lowest BCUT2D eigenvalue weighted by molar-refractivity contribution is -0.142. The van der Waals surface area contributed by atoms with Gasteiger partial charge in [-0.15, -0.1) is 0 Å². The van der Waals surface area contributed by atoms with Gasteiger partial charge in [0.25, 0.3) is 5.91 Å². The normalized spacial score (nSPS) is 29.8. The number of carbonyl (C=O) groups excluding carboxylic acids is 1. The molecule has 1 saturated heterocycles. The van der Waals surface area contributed by atoms with E-state index in [-0.39, 0.29) is 12.0 Å². The summed E-state index contributed by atoms with van der Waals surface area (Å²) in [7, 11) is 0. The van der Waals surface area contributed by atoms with Gasteiger partial charge in [-0.05, 0) is 51.0 Å². The minimum Gasteiger partial charge on any atom is -0.368 e. The lowest BCUT2D eigenvalue weighted by Gasteiger charge is -2.23. The SMILES string of the molecule is CC(OCC1CCCC1CN)C(=O)N1CCCC1. The first-order chi connectivity index (χ1) is 8.72. The van der Waals surface area contributed by atoms with E-state index in [2.05, 4.69) is 0 Å². The molecule has 1 aliphatic heterocycles. The summed E-state index contributed by atoms with van der Waals surface area (Å²) in [6, 6.07) is 0. The zero-order valence-electron chi connectivity index (χ0n) is 11.4. The second kappa shape index (κ2) is 6.53. The van der Waals surface area contributed by atoms with Gasteiger partial charge in [0.05, 0.1) is 6.61 Å². The summed E-state index contributed by atoms with van der Waals surface area (Å²) in [5.41, 5.74) is 5.76. The molecule has 0 bridgehead atoms. The molecule has 0 aromatic carbocycles. The summed E-state index contributed by atoms with van der Waals surface area (Å²) in [5.74, 6) is 1.32. The molecule has 4 heteroatoms. The van der Waals surface area contributed by atoms with E-state index in [4.69, 9.17) is 10.5 Å². The van der Waals surface area contributed by atoms with Crippen LogP contribution >= 0.6 is 0 Å². The van der Waals surface area contributed by atoms with Crippen LogP contribution < -0.4 is 5.73 Å². The minimum absolute atomic E-state index is 0.162. The fraction of sp³-hybridized carbons (Fsp3) is 0.929. The van der Waals surface area contributed by atoms with Crippen LogP contribution in [0, 0.1) is 11.8 Å². The Labute approximate surface area is 110 Å². The third kappa shape index (κ3) is 3.23. The van der Waals surface area contributed by atoms with Gasteiger partial charge in [-0.3, -0.25) is 4.79 Å². The number of rotatable bonds is 5. The Morgan fingerprint density at radius 2 is 1.94 bits per heavy atom. The average molecular weight is 254 g/mol. The molecule has 2 rings (SSSR count). The fourth-order valence-corrected chi connectivity index (χ4v) is 3.18. The summed E-state index contributed by atoms with van der Waals surface area (Å²) in [4.78, 5) is 14.0. The van der Waals surface area contributed by atoms with E-state index >= 15 is 0 Å². The third-order valence-corrected chi connectivity index (χ3v) is 4.45. The van der Waals surface area contributed by atoms with Crippen LogP contribution in [0.4, 0.5) is 0 Å². The van der Waals surface area contributed by atoms with Crippen LogP contribution in [0.2, 0.25) is 0 Å². The summed E-state index contributed by atoms with van der Waals surface area (Å²) in [5, 5.41) is 0. The summed E-state index contributed by atoms with van der Waals surface area (Å²) < 4.78 is 5.79. The highest BCUT2D eigenvalue weighted by Crippen LogP contribution is 2.31. The molecule has 104 valence electrons. The van der Waals surface area contributed by atoms with Gasteiger partial charge in [-0.2, -0.15) is 0 Å². The number of amides is 1. The van der Waals surface area contributed by atoms with Crippen molar-refractivity contribution < 1.29 is 9.53 Å². The van der Waals surface area contributed by atoms with Gasteiger partial charge in [-0.25, -0.2) is 0 Å². The highest BCUT2D eigenvalue weighted by molar-refractivity contribution is 5.80. The molecule has 0 aromatic heterocycles. The van der Waals surface area contributed by atoms with Crippen molar-refractivity contribution >= 4 is 5.91 Å². The maximum atomic E-state index is 12.1. The minimum atomic E-state index is -0.290. The molecular formula is C14H26N2O2. The molecule has 1 heterocycles. The summed E-state index contributed by atoms with van der Waals surface area (Å²) >= 11 is 0. The van der Waals surface area contributed by atoms with Gasteiger partial charge in [0.2, 0.25) is 0 Å². The quantitative estimate of drug-likeness (QED) is 0.806. The molecule has 2 fully saturated rings. The monoisotopic (exact) mass is 254 g/mol. The van der Waals surface area contributed by atoms with Crippen LogP contribution in [-0.4, -0.2) is 43.2 Å². The Balaban J connectivity index is 1.73. The Morgan fingerprint density at radius 3 is 2.61 bits per heavy atom. The molecule has 1 aliphatic carbocycles. The molecule has 0 radical (unpaired) electrons. The molecule has 3 unspecified atom stereocenters. The molecule has 0 spiro atoms. The van der Waals surface area contributed by atoms with E-state index in [1.807, 2.05) is 11.8 Å². The lowest BCUT2D eigenvalue weighted by atomic mass is 9.97. The number of carbonyl (C=O) groups is 1. The van der Waals surface area contributed by atoms with Crippen molar-refractivity contribution in [2.75, 3.05) is 26.2 Å². The third-order valence-electron chi connectivity index (χ3n) is 4.45. The molecule has 4 nitrogen and oxygen atoms in total. The van der Waals surface area contributed by atoms with Gasteiger partial charge >= 0.3 is 0 Å². The number of hydrogen-bond acceptors (Lipinski definition) is 3. The van der Waals surface area contributed by atoms with Crippen LogP contribution in [0.25, 0.3) is 0 Å². The van der Waals surface area contributed by atoms with Crippen molar-refractivity contribution in [2.45, 2.75) is 45.1 Å². The molecule has 18 heavy (non-hydrogen) atoms. The van der Waals surface area contributed by atoms with Crippen molar-refractivity contribution in [3.63, 3.8) is 0 Å². The number of ether oxygens (including phenoxy) is 1. The molecule has 1 saturated carbocycles. The first kappa shape index (κ1) is 13.8. The van der Waals surface area contributed by atoms with Gasteiger partial charge in [0, 0.05) is 13.1 Å². The molecule has 1 amide bonds. The lowest BCUT2D eigenvalue weighted by Crippen LogP contribution is -2.38. The highest BCUT2D eigenvalue weighted by Gasteiger charge is 2.29.